The molecule has 0 saturated carbocycles. The number of carbonyl (C=O) groups excluding carboxylic acids is 1. The lowest BCUT2D eigenvalue weighted by molar-refractivity contribution is -0.114. The first-order chi connectivity index (χ1) is 9.54. The van der Waals surface area contributed by atoms with E-state index in [2.05, 4.69) is 31.5 Å². The molecule has 2 aromatic rings. The number of anilines is 2. The monoisotopic (exact) mass is 333 g/mol. The molecule has 0 fully saturated rings. The molecule has 4 nitrogen and oxygen atoms in total. The molecule has 0 aliphatic rings. The van der Waals surface area contributed by atoms with Crippen LogP contribution < -0.4 is 10.6 Å². The molecule has 20 heavy (non-hydrogen) atoms. The fourth-order valence-electron chi connectivity index (χ4n) is 1.87. The standard InChI is InChI=1S/C15H16BrN3O/c1-10-6-13(16)9-18-15(10)17-8-12-4-3-5-14(7-12)19-11(2)20/h3-7,9H,8H2,1-2H3,(H,17,18)(H,19,20). The summed E-state index contributed by atoms with van der Waals surface area (Å²) in [5.41, 5.74) is 2.97. The topological polar surface area (TPSA) is 54.0 Å². The number of hydrogen-bond donors (Lipinski definition) is 2. The molecule has 0 unspecified atom stereocenters. The Balaban J connectivity index is 2.05. The lowest BCUT2D eigenvalue weighted by Crippen LogP contribution is -2.07. The fourth-order valence-corrected chi connectivity index (χ4v) is 2.32. The summed E-state index contributed by atoms with van der Waals surface area (Å²) < 4.78 is 0.966. The third-order valence-corrected chi connectivity index (χ3v) is 3.19. The van der Waals surface area contributed by atoms with E-state index in [0.29, 0.717) is 6.54 Å². The van der Waals surface area contributed by atoms with Crippen molar-refractivity contribution in [2.45, 2.75) is 20.4 Å². The zero-order valence-corrected chi connectivity index (χ0v) is 13.0. The molecule has 0 bridgehead atoms. The largest absolute Gasteiger partial charge is 0.366 e. The zero-order valence-electron chi connectivity index (χ0n) is 11.4. The van der Waals surface area contributed by atoms with E-state index in [1.54, 1.807) is 6.20 Å². The number of benzene rings is 1. The quantitative estimate of drug-likeness (QED) is 0.896. The van der Waals surface area contributed by atoms with Crippen LogP contribution in [-0.2, 0) is 11.3 Å². The Labute approximate surface area is 126 Å². The van der Waals surface area contributed by atoms with Crippen molar-refractivity contribution < 1.29 is 4.79 Å². The number of aryl methyl sites for hydroxylation is 1. The molecular weight excluding hydrogens is 318 g/mol. The minimum Gasteiger partial charge on any atom is -0.366 e. The number of carbonyl (C=O) groups is 1. The SMILES string of the molecule is CC(=O)Nc1cccc(CNc2ncc(Br)cc2C)c1. The molecule has 0 atom stereocenters. The van der Waals surface area contributed by atoms with Crippen LogP contribution in [0.1, 0.15) is 18.1 Å². The van der Waals surface area contributed by atoms with Crippen LogP contribution >= 0.6 is 15.9 Å². The first-order valence-electron chi connectivity index (χ1n) is 6.27. The molecule has 1 aromatic heterocycles. The fraction of sp³-hybridized carbons (Fsp3) is 0.200. The van der Waals surface area contributed by atoms with Gasteiger partial charge in [0.05, 0.1) is 0 Å². The molecule has 5 heteroatoms. The number of aromatic nitrogens is 1. The van der Waals surface area contributed by atoms with Gasteiger partial charge in [-0.15, -0.1) is 0 Å². The Morgan fingerprint density at radius 3 is 2.85 bits per heavy atom. The van der Waals surface area contributed by atoms with Gasteiger partial charge in [0.15, 0.2) is 0 Å². The second kappa shape index (κ2) is 6.52. The molecule has 1 heterocycles. The van der Waals surface area contributed by atoms with Crippen molar-refractivity contribution in [3.8, 4) is 0 Å². The average molecular weight is 334 g/mol. The summed E-state index contributed by atoms with van der Waals surface area (Å²) in [7, 11) is 0. The third-order valence-electron chi connectivity index (χ3n) is 2.75. The lowest BCUT2D eigenvalue weighted by Gasteiger charge is -2.10. The predicted octanol–water partition coefficient (Wildman–Crippen LogP) is 3.72. The van der Waals surface area contributed by atoms with Crippen LogP contribution in [-0.4, -0.2) is 10.9 Å². The molecule has 0 aliphatic heterocycles. The predicted molar refractivity (Wildman–Crippen MR) is 84.7 cm³/mol. The lowest BCUT2D eigenvalue weighted by atomic mass is 10.2. The second-order valence-corrected chi connectivity index (χ2v) is 5.47. The molecule has 0 aliphatic carbocycles. The van der Waals surface area contributed by atoms with E-state index < -0.39 is 0 Å². The van der Waals surface area contributed by atoms with E-state index in [0.717, 1.165) is 27.1 Å². The second-order valence-electron chi connectivity index (χ2n) is 4.55. The van der Waals surface area contributed by atoms with E-state index in [-0.39, 0.29) is 5.91 Å². The van der Waals surface area contributed by atoms with Crippen molar-refractivity contribution in [3.05, 3.63) is 52.1 Å². The molecule has 1 aromatic carbocycles. The van der Waals surface area contributed by atoms with Crippen molar-refractivity contribution in [2.24, 2.45) is 0 Å². The van der Waals surface area contributed by atoms with Gasteiger partial charge >= 0.3 is 0 Å². The maximum Gasteiger partial charge on any atom is 0.221 e. The average Bonchev–Trinajstić information content (AvgIpc) is 2.37. The van der Waals surface area contributed by atoms with Gasteiger partial charge in [-0.25, -0.2) is 4.98 Å². The van der Waals surface area contributed by atoms with E-state index >= 15 is 0 Å². The van der Waals surface area contributed by atoms with Crippen LogP contribution in [0, 0.1) is 6.92 Å². The third kappa shape index (κ3) is 4.06. The Morgan fingerprint density at radius 2 is 2.15 bits per heavy atom. The zero-order chi connectivity index (χ0) is 14.5. The Hall–Kier alpha value is -1.88. The highest BCUT2D eigenvalue weighted by Crippen LogP contribution is 2.18. The Bertz CT molecular complexity index is 628. The summed E-state index contributed by atoms with van der Waals surface area (Å²) in [5, 5.41) is 6.07. The number of nitrogens with one attached hydrogen (secondary N) is 2. The Kier molecular flexibility index (Phi) is 4.74. The van der Waals surface area contributed by atoms with Crippen LogP contribution in [0.3, 0.4) is 0 Å². The van der Waals surface area contributed by atoms with Gasteiger partial charge in [-0.3, -0.25) is 4.79 Å². The molecule has 2 rings (SSSR count). The van der Waals surface area contributed by atoms with Crippen LogP contribution in [0.15, 0.2) is 41.0 Å². The van der Waals surface area contributed by atoms with Gasteiger partial charge in [-0.1, -0.05) is 12.1 Å². The van der Waals surface area contributed by atoms with E-state index in [4.69, 9.17) is 0 Å². The van der Waals surface area contributed by atoms with E-state index in [9.17, 15) is 4.79 Å². The first-order valence-corrected chi connectivity index (χ1v) is 7.06. The number of rotatable bonds is 4. The number of pyridine rings is 1. The highest BCUT2D eigenvalue weighted by Gasteiger charge is 2.02. The van der Waals surface area contributed by atoms with Crippen molar-refractivity contribution >= 4 is 33.3 Å². The summed E-state index contributed by atoms with van der Waals surface area (Å²) in [4.78, 5) is 15.4. The molecule has 0 spiro atoms. The van der Waals surface area contributed by atoms with Crippen molar-refractivity contribution in [2.75, 3.05) is 10.6 Å². The van der Waals surface area contributed by atoms with Gasteiger partial charge in [-0.05, 0) is 52.2 Å². The molecule has 0 saturated heterocycles. The van der Waals surface area contributed by atoms with E-state index in [1.165, 1.54) is 6.92 Å². The van der Waals surface area contributed by atoms with Crippen molar-refractivity contribution in [1.29, 1.82) is 0 Å². The molecule has 0 radical (unpaired) electrons. The summed E-state index contributed by atoms with van der Waals surface area (Å²) in [6, 6.07) is 9.76. The van der Waals surface area contributed by atoms with Gasteiger partial charge < -0.3 is 10.6 Å². The molecular formula is C15H16BrN3O. The van der Waals surface area contributed by atoms with Crippen LogP contribution in [0.4, 0.5) is 11.5 Å². The van der Waals surface area contributed by atoms with Gasteiger partial charge in [0.1, 0.15) is 5.82 Å². The van der Waals surface area contributed by atoms with Crippen LogP contribution in [0.25, 0.3) is 0 Å². The minimum absolute atomic E-state index is 0.0690. The smallest absolute Gasteiger partial charge is 0.221 e. The maximum absolute atomic E-state index is 11.0. The first kappa shape index (κ1) is 14.5. The summed E-state index contributed by atoms with van der Waals surface area (Å²) in [6.07, 6.45) is 1.77. The van der Waals surface area contributed by atoms with Gasteiger partial charge in [0, 0.05) is 29.8 Å². The van der Waals surface area contributed by atoms with Crippen molar-refractivity contribution in [3.63, 3.8) is 0 Å². The van der Waals surface area contributed by atoms with E-state index in [1.807, 2.05) is 37.3 Å². The number of amides is 1. The molecule has 1 amide bonds. The normalized spacial score (nSPS) is 10.2. The molecule has 104 valence electrons. The summed E-state index contributed by atoms with van der Waals surface area (Å²) in [5.74, 6) is 0.790. The number of halogens is 1. The highest BCUT2D eigenvalue weighted by atomic mass is 79.9. The summed E-state index contributed by atoms with van der Waals surface area (Å²) >= 11 is 3.39. The summed E-state index contributed by atoms with van der Waals surface area (Å²) in [6.45, 7) is 4.16. The van der Waals surface area contributed by atoms with Gasteiger partial charge in [0.25, 0.3) is 0 Å². The van der Waals surface area contributed by atoms with Crippen molar-refractivity contribution in [1.82, 2.24) is 4.98 Å². The minimum atomic E-state index is -0.0690. The number of hydrogen-bond acceptors (Lipinski definition) is 3. The maximum atomic E-state index is 11.0. The van der Waals surface area contributed by atoms with Crippen LogP contribution in [0.5, 0.6) is 0 Å². The molecule has 2 N–H and O–H groups in total. The Morgan fingerprint density at radius 1 is 1.35 bits per heavy atom. The number of nitrogens with zero attached hydrogens (tertiary/aromatic N) is 1. The highest BCUT2D eigenvalue weighted by molar-refractivity contribution is 9.10. The van der Waals surface area contributed by atoms with Gasteiger partial charge in [-0.2, -0.15) is 0 Å². The van der Waals surface area contributed by atoms with Gasteiger partial charge in [0.2, 0.25) is 5.91 Å². The van der Waals surface area contributed by atoms with Crippen LogP contribution in [0.2, 0.25) is 0 Å².